The summed E-state index contributed by atoms with van der Waals surface area (Å²) < 4.78 is 0. The molecule has 0 aromatic heterocycles. The molecule has 114 valence electrons. The van der Waals surface area contributed by atoms with Gasteiger partial charge in [0.05, 0.1) is 12.6 Å². The molecule has 0 bridgehead atoms. The zero-order valence-electron chi connectivity index (χ0n) is 13.0. The standard InChI is InChI=1S/C16H28N2O2/c1-11(2)16(12(3)19)17-15(20)10-18(8-13-4-5-13)9-14-6-7-14/h11,13-14,16H,4-10H2,1-3H3,(H,17,20). The first kappa shape index (κ1) is 15.5. The molecule has 0 heterocycles. The first-order valence-corrected chi connectivity index (χ1v) is 7.98. The van der Waals surface area contributed by atoms with E-state index in [1.165, 1.54) is 25.7 Å². The minimum Gasteiger partial charge on any atom is -0.345 e. The number of rotatable bonds is 9. The minimum absolute atomic E-state index is 0.000185. The third-order valence-electron chi connectivity index (χ3n) is 4.21. The van der Waals surface area contributed by atoms with Crippen LogP contribution < -0.4 is 5.32 Å². The van der Waals surface area contributed by atoms with Gasteiger partial charge in [-0.2, -0.15) is 0 Å². The molecule has 2 aliphatic carbocycles. The summed E-state index contributed by atoms with van der Waals surface area (Å²) in [5, 5.41) is 2.90. The second-order valence-electron chi connectivity index (χ2n) is 6.98. The van der Waals surface area contributed by atoms with Gasteiger partial charge >= 0.3 is 0 Å². The fraction of sp³-hybridized carbons (Fsp3) is 0.875. The average molecular weight is 280 g/mol. The number of Topliss-reactive ketones (excluding diaryl/α,β-unsaturated/α-hetero) is 1. The summed E-state index contributed by atoms with van der Waals surface area (Å²) in [5.74, 6) is 1.80. The molecule has 0 aromatic carbocycles. The van der Waals surface area contributed by atoms with E-state index in [0.717, 1.165) is 24.9 Å². The van der Waals surface area contributed by atoms with Crippen molar-refractivity contribution in [3.8, 4) is 0 Å². The van der Waals surface area contributed by atoms with Crippen molar-refractivity contribution in [2.75, 3.05) is 19.6 Å². The van der Waals surface area contributed by atoms with Gasteiger partial charge in [-0.25, -0.2) is 0 Å². The van der Waals surface area contributed by atoms with Crippen molar-refractivity contribution in [2.24, 2.45) is 17.8 Å². The first-order valence-electron chi connectivity index (χ1n) is 7.98. The minimum atomic E-state index is -0.341. The fourth-order valence-corrected chi connectivity index (χ4v) is 2.69. The highest BCUT2D eigenvalue weighted by molar-refractivity contribution is 5.88. The van der Waals surface area contributed by atoms with Crippen LogP contribution in [0.2, 0.25) is 0 Å². The Kier molecular flexibility index (Phi) is 5.19. The second-order valence-corrected chi connectivity index (χ2v) is 6.98. The van der Waals surface area contributed by atoms with E-state index < -0.39 is 0 Å². The molecule has 1 atom stereocenters. The number of hydrogen-bond acceptors (Lipinski definition) is 3. The fourth-order valence-electron chi connectivity index (χ4n) is 2.69. The molecule has 0 aromatic rings. The van der Waals surface area contributed by atoms with Gasteiger partial charge < -0.3 is 5.32 Å². The Morgan fingerprint density at radius 3 is 1.95 bits per heavy atom. The van der Waals surface area contributed by atoms with Gasteiger partial charge in [-0.3, -0.25) is 14.5 Å². The van der Waals surface area contributed by atoms with Crippen molar-refractivity contribution in [1.29, 1.82) is 0 Å². The van der Waals surface area contributed by atoms with E-state index in [9.17, 15) is 9.59 Å². The number of carbonyl (C=O) groups is 2. The molecule has 2 aliphatic rings. The third-order valence-corrected chi connectivity index (χ3v) is 4.21. The first-order chi connectivity index (χ1) is 9.45. The van der Waals surface area contributed by atoms with Gasteiger partial charge in [0, 0.05) is 13.1 Å². The second kappa shape index (κ2) is 6.70. The molecular formula is C16H28N2O2. The molecule has 4 heteroatoms. The van der Waals surface area contributed by atoms with Gasteiger partial charge in [-0.15, -0.1) is 0 Å². The van der Waals surface area contributed by atoms with Crippen molar-refractivity contribution in [3.63, 3.8) is 0 Å². The lowest BCUT2D eigenvalue weighted by Gasteiger charge is -2.24. The van der Waals surface area contributed by atoms with Crippen LogP contribution in [0, 0.1) is 17.8 Å². The maximum absolute atomic E-state index is 12.2. The maximum atomic E-state index is 12.2. The van der Waals surface area contributed by atoms with Crippen molar-refractivity contribution in [3.05, 3.63) is 0 Å². The van der Waals surface area contributed by atoms with E-state index in [1.807, 2.05) is 13.8 Å². The quantitative estimate of drug-likeness (QED) is 0.701. The van der Waals surface area contributed by atoms with Crippen molar-refractivity contribution >= 4 is 11.7 Å². The molecule has 2 saturated carbocycles. The normalized spacial score (nSPS) is 20.2. The molecule has 1 unspecified atom stereocenters. The van der Waals surface area contributed by atoms with Crippen LogP contribution in [0.15, 0.2) is 0 Å². The molecular weight excluding hydrogens is 252 g/mol. The van der Waals surface area contributed by atoms with E-state index >= 15 is 0 Å². The highest BCUT2D eigenvalue weighted by Gasteiger charge is 2.30. The molecule has 0 saturated heterocycles. The molecule has 2 rings (SSSR count). The summed E-state index contributed by atoms with van der Waals surface area (Å²) in [4.78, 5) is 26.0. The molecule has 20 heavy (non-hydrogen) atoms. The number of amides is 1. The molecule has 1 amide bonds. The topological polar surface area (TPSA) is 49.4 Å². The van der Waals surface area contributed by atoms with E-state index in [1.54, 1.807) is 6.92 Å². The lowest BCUT2D eigenvalue weighted by molar-refractivity contribution is -0.128. The summed E-state index contributed by atoms with van der Waals surface area (Å²) in [6, 6.07) is -0.341. The monoisotopic (exact) mass is 280 g/mol. The average Bonchev–Trinajstić information content (AvgIpc) is 3.21. The molecule has 0 spiro atoms. The molecule has 0 aliphatic heterocycles. The van der Waals surface area contributed by atoms with E-state index in [0.29, 0.717) is 6.54 Å². The lowest BCUT2D eigenvalue weighted by atomic mass is 10.0. The van der Waals surface area contributed by atoms with Crippen LogP contribution >= 0.6 is 0 Å². The Hall–Kier alpha value is -0.900. The van der Waals surface area contributed by atoms with Gasteiger partial charge in [-0.1, -0.05) is 13.8 Å². The summed E-state index contributed by atoms with van der Waals surface area (Å²) >= 11 is 0. The summed E-state index contributed by atoms with van der Waals surface area (Å²) in [6.45, 7) is 8.05. The molecule has 2 fully saturated rings. The number of carbonyl (C=O) groups excluding carboxylic acids is 2. The smallest absolute Gasteiger partial charge is 0.234 e. The Balaban J connectivity index is 1.80. The highest BCUT2D eigenvalue weighted by Crippen LogP contribution is 2.33. The Labute approximate surface area is 122 Å². The highest BCUT2D eigenvalue weighted by atomic mass is 16.2. The summed E-state index contributed by atoms with van der Waals surface area (Å²) in [5.41, 5.74) is 0. The van der Waals surface area contributed by atoms with E-state index in [-0.39, 0.29) is 23.7 Å². The number of hydrogen-bond donors (Lipinski definition) is 1. The van der Waals surface area contributed by atoms with Crippen molar-refractivity contribution in [2.45, 2.75) is 52.5 Å². The van der Waals surface area contributed by atoms with Crippen LogP contribution in [0.4, 0.5) is 0 Å². The van der Waals surface area contributed by atoms with Gasteiger partial charge in [0.2, 0.25) is 5.91 Å². The molecule has 1 N–H and O–H groups in total. The van der Waals surface area contributed by atoms with E-state index in [2.05, 4.69) is 10.2 Å². The summed E-state index contributed by atoms with van der Waals surface area (Å²) in [7, 11) is 0. The van der Waals surface area contributed by atoms with Crippen LogP contribution in [-0.4, -0.2) is 42.3 Å². The maximum Gasteiger partial charge on any atom is 0.234 e. The predicted octanol–water partition coefficient (Wildman–Crippen LogP) is 1.84. The number of ketones is 1. The van der Waals surface area contributed by atoms with Crippen LogP contribution in [0.25, 0.3) is 0 Å². The summed E-state index contributed by atoms with van der Waals surface area (Å²) in [6.07, 6.45) is 5.24. The van der Waals surface area contributed by atoms with Crippen LogP contribution in [0.1, 0.15) is 46.5 Å². The van der Waals surface area contributed by atoms with Crippen molar-refractivity contribution in [1.82, 2.24) is 10.2 Å². The predicted molar refractivity (Wildman–Crippen MR) is 79.3 cm³/mol. The third kappa shape index (κ3) is 5.23. The van der Waals surface area contributed by atoms with Crippen molar-refractivity contribution < 1.29 is 9.59 Å². The van der Waals surface area contributed by atoms with Crippen LogP contribution in [0.5, 0.6) is 0 Å². The van der Waals surface area contributed by atoms with Gasteiger partial charge in [0.25, 0.3) is 0 Å². The van der Waals surface area contributed by atoms with Crippen LogP contribution in [0.3, 0.4) is 0 Å². The Bertz CT molecular complexity index is 345. The van der Waals surface area contributed by atoms with Gasteiger partial charge in [0.1, 0.15) is 0 Å². The zero-order chi connectivity index (χ0) is 14.7. The number of nitrogens with zero attached hydrogens (tertiary/aromatic N) is 1. The molecule has 0 radical (unpaired) electrons. The Morgan fingerprint density at radius 1 is 1.10 bits per heavy atom. The number of nitrogens with one attached hydrogen (secondary N) is 1. The SMILES string of the molecule is CC(=O)C(NC(=O)CN(CC1CC1)CC1CC1)C(C)C. The Morgan fingerprint density at radius 2 is 1.60 bits per heavy atom. The van der Waals surface area contributed by atoms with Gasteiger partial charge in [-0.05, 0) is 50.4 Å². The zero-order valence-corrected chi connectivity index (χ0v) is 13.0. The van der Waals surface area contributed by atoms with E-state index in [4.69, 9.17) is 0 Å². The van der Waals surface area contributed by atoms with Gasteiger partial charge in [0.15, 0.2) is 5.78 Å². The van der Waals surface area contributed by atoms with Crippen LogP contribution in [-0.2, 0) is 9.59 Å². The lowest BCUT2D eigenvalue weighted by Crippen LogP contribution is -2.48. The largest absolute Gasteiger partial charge is 0.345 e. The molecule has 4 nitrogen and oxygen atoms in total.